The Kier molecular flexibility index (Phi) is 6.21. The van der Waals surface area contributed by atoms with Gasteiger partial charge >= 0.3 is 6.18 Å². The van der Waals surface area contributed by atoms with E-state index in [9.17, 15) is 22.4 Å². The molecule has 1 amide bonds. The van der Waals surface area contributed by atoms with Crippen LogP contribution < -0.4 is 5.32 Å². The second kappa shape index (κ2) is 7.96. The van der Waals surface area contributed by atoms with Crippen LogP contribution in [0.15, 0.2) is 24.3 Å². The number of nitrogens with one attached hydrogen (secondary N) is 1. The lowest BCUT2D eigenvalue weighted by molar-refractivity contribution is -0.165. The topological polar surface area (TPSA) is 38.3 Å². The van der Waals surface area contributed by atoms with Gasteiger partial charge in [-0.25, -0.2) is 4.39 Å². The van der Waals surface area contributed by atoms with E-state index in [0.717, 1.165) is 49.9 Å². The summed E-state index contributed by atoms with van der Waals surface area (Å²) in [6.07, 6.45) is -0.862. The molecule has 3 nitrogen and oxygen atoms in total. The van der Waals surface area contributed by atoms with Crippen molar-refractivity contribution in [2.24, 2.45) is 5.92 Å². The van der Waals surface area contributed by atoms with Gasteiger partial charge in [0.05, 0.1) is 6.10 Å². The van der Waals surface area contributed by atoms with Gasteiger partial charge in [-0.1, -0.05) is 31.9 Å². The molecule has 1 N–H and O–H groups in total. The van der Waals surface area contributed by atoms with Crippen molar-refractivity contribution in [3.63, 3.8) is 0 Å². The predicted octanol–water partition coefficient (Wildman–Crippen LogP) is 4.14. The Balaban J connectivity index is 1.96. The van der Waals surface area contributed by atoms with Crippen LogP contribution in [-0.2, 0) is 9.53 Å². The van der Waals surface area contributed by atoms with Crippen molar-refractivity contribution in [1.82, 2.24) is 5.32 Å². The first-order valence-corrected chi connectivity index (χ1v) is 8.00. The first kappa shape index (κ1) is 18.7. The fourth-order valence-corrected chi connectivity index (χ4v) is 2.92. The van der Waals surface area contributed by atoms with Crippen LogP contribution in [-0.4, -0.2) is 24.8 Å². The van der Waals surface area contributed by atoms with E-state index in [1.165, 1.54) is 0 Å². The molecule has 1 fully saturated rings. The zero-order valence-electron chi connectivity index (χ0n) is 13.4. The molecule has 0 radical (unpaired) electrons. The van der Waals surface area contributed by atoms with Crippen molar-refractivity contribution in [1.29, 1.82) is 0 Å². The van der Waals surface area contributed by atoms with Gasteiger partial charge in [-0.05, 0) is 36.5 Å². The molecule has 0 aliphatic heterocycles. The Morgan fingerprint density at radius 3 is 2.46 bits per heavy atom. The maximum absolute atomic E-state index is 13.2. The first-order chi connectivity index (χ1) is 11.3. The van der Waals surface area contributed by atoms with E-state index in [2.05, 4.69) is 0 Å². The normalized spacial score (nSPS) is 22.9. The maximum atomic E-state index is 13.2. The minimum Gasteiger partial charge on any atom is -0.368 e. The Hall–Kier alpha value is -1.63. The zero-order chi connectivity index (χ0) is 17.7. The number of halogens is 4. The smallest absolute Gasteiger partial charge is 0.368 e. The van der Waals surface area contributed by atoms with Crippen LogP contribution in [0.3, 0.4) is 0 Å². The van der Waals surface area contributed by atoms with Crippen molar-refractivity contribution in [2.45, 2.75) is 50.9 Å². The van der Waals surface area contributed by atoms with E-state index in [1.807, 2.05) is 12.2 Å². The van der Waals surface area contributed by atoms with Crippen LogP contribution >= 0.6 is 0 Å². The van der Waals surface area contributed by atoms with E-state index in [4.69, 9.17) is 4.74 Å². The molecular weight excluding hydrogens is 326 g/mol. The van der Waals surface area contributed by atoms with Crippen molar-refractivity contribution in [2.75, 3.05) is 6.61 Å². The average Bonchev–Trinajstić information content (AvgIpc) is 2.52. The van der Waals surface area contributed by atoms with Gasteiger partial charge < -0.3 is 10.1 Å². The summed E-state index contributed by atoms with van der Waals surface area (Å²) in [7, 11) is 0. The van der Waals surface area contributed by atoms with Gasteiger partial charge in [0.2, 0.25) is 5.91 Å². The summed E-state index contributed by atoms with van der Waals surface area (Å²) >= 11 is 0. The second-order valence-corrected chi connectivity index (χ2v) is 6.20. The van der Waals surface area contributed by atoms with Gasteiger partial charge in [-0.15, -0.1) is 0 Å². The monoisotopic (exact) mass is 347 g/mol. The van der Waals surface area contributed by atoms with E-state index in [-0.39, 0.29) is 11.7 Å². The molecule has 24 heavy (non-hydrogen) atoms. The summed E-state index contributed by atoms with van der Waals surface area (Å²) in [4.78, 5) is 11.9. The summed E-state index contributed by atoms with van der Waals surface area (Å²) in [6, 6.07) is 1.70. The number of alkyl halides is 3. The SMILES string of the molecule is CC1CCCCC1OCC(=O)NC(c1ccc(F)cc1)C(F)(F)F. The fourth-order valence-electron chi connectivity index (χ4n) is 2.92. The van der Waals surface area contributed by atoms with Crippen molar-refractivity contribution in [3.05, 3.63) is 35.6 Å². The maximum Gasteiger partial charge on any atom is 0.412 e. The third kappa shape index (κ3) is 5.19. The molecule has 3 unspecified atom stereocenters. The molecule has 1 aliphatic rings. The number of rotatable bonds is 5. The molecule has 134 valence electrons. The molecule has 0 aromatic heterocycles. The van der Waals surface area contributed by atoms with Gasteiger partial charge in [0, 0.05) is 0 Å². The molecule has 3 atom stereocenters. The van der Waals surface area contributed by atoms with Crippen LogP contribution in [0.2, 0.25) is 0 Å². The Morgan fingerprint density at radius 1 is 1.25 bits per heavy atom. The Morgan fingerprint density at radius 2 is 1.88 bits per heavy atom. The van der Waals surface area contributed by atoms with E-state index in [0.29, 0.717) is 5.92 Å². The number of ether oxygens (including phenoxy) is 1. The Bertz CT molecular complexity index is 545. The van der Waals surface area contributed by atoms with Gasteiger partial charge in [-0.2, -0.15) is 13.2 Å². The van der Waals surface area contributed by atoms with E-state index in [1.54, 1.807) is 0 Å². The van der Waals surface area contributed by atoms with Crippen LogP contribution in [0.1, 0.15) is 44.2 Å². The minimum atomic E-state index is -4.67. The molecule has 1 aromatic carbocycles. The highest BCUT2D eigenvalue weighted by molar-refractivity contribution is 5.77. The van der Waals surface area contributed by atoms with E-state index < -0.39 is 30.5 Å². The fraction of sp³-hybridized carbons (Fsp3) is 0.588. The summed E-state index contributed by atoms with van der Waals surface area (Å²) in [5, 5.41) is 1.94. The molecule has 0 spiro atoms. The van der Waals surface area contributed by atoms with Gasteiger partial charge in [0.15, 0.2) is 6.04 Å². The summed E-state index contributed by atoms with van der Waals surface area (Å²) < 4.78 is 57.9. The third-order valence-corrected chi connectivity index (χ3v) is 4.30. The lowest BCUT2D eigenvalue weighted by Crippen LogP contribution is -2.41. The van der Waals surface area contributed by atoms with Gasteiger partial charge in [-0.3, -0.25) is 4.79 Å². The molecule has 1 saturated carbocycles. The summed E-state index contributed by atoms with van der Waals surface area (Å²) in [6.45, 7) is 1.60. The standard InChI is InChI=1S/C17H21F4NO2/c1-11-4-2-3-5-14(11)24-10-15(23)22-16(17(19,20)21)12-6-8-13(18)9-7-12/h6-9,11,14,16H,2-5,10H2,1H3,(H,22,23). The number of benzene rings is 1. The van der Waals surface area contributed by atoms with Crippen molar-refractivity contribution in [3.8, 4) is 0 Å². The van der Waals surface area contributed by atoms with Gasteiger partial charge in [0.25, 0.3) is 0 Å². The molecular formula is C17H21F4NO2. The highest BCUT2D eigenvalue weighted by Gasteiger charge is 2.42. The second-order valence-electron chi connectivity index (χ2n) is 6.20. The lowest BCUT2D eigenvalue weighted by Gasteiger charge is -2.29. The molecule has 0 heterocycles. The molecule has 2 rings (SSSR count). The quantitative estimate of drug-likeness (QED) is 0.813. The first-order valence-electron chi connectivity index (χ1n) is 8.00. The van der Waals surface area contributed by atoms with Crippen LogP contribution in [0.25, 0.3) is 0 Å². The van der Waals surface area contributed by atoms with Crippen LogP contribution in [0, 0.1) is 11.7 Å². The minimum absolute atomic E-state index is 0.0975. The number of carbonyl (C=O) groups excluding carboxylic acids is 1. The zero-order valence-corrected chi connectivity index (χ0v) is 13.4. The molecule has 0 bridgehead atoms. The highest BCUT2D eigenvalue weighted by Crippen LogP contribution is 2.33. The number of hydrogen-bond acceptors (Lipinski definition) is 2. The molecule has 7 heteroatoms. The number of hydrogen-bond donors (Lipinski definition) is 1. The third-order valence-electron chi connectivity index (χ3n) is 4.30. The van der Waals surface area contributed by atoms with Crippen molar-refractivity contribution >= 4 is 5.91 Å². The van der Waals surface area contributed by atoms with Crippen LogP contribution in [0.4, 0.5) is 17.6 Å². The number of carbonyl (C=O) groups is 1. The number of amides is 1. The largest absolute Gasteiger partial charge is 0.412 e. The predicted molar refractivity (Wildman–Crippen MR) is 80.7 cm³/mol. The molecule has 0 saturated heterocycles. The Labute approximate surface area is 138 Å². The molecule has 1 aliphatic carbocycles. The van der Waals surface area contributed by atoms with Gasteiger partial charge in [0.1, 0.15) is 12.4 Å². The molecule has 1 aromatic rings. The van der Waals surface area contributed by atoms with Crippen molar-refractivity contribution < 1.29 is 27.1 Å². The highest BCUT2D eigenvalue weighted by atomic mass is 19.4. The summed E-state index contributed by atoms with van der Waals surface area (Å²) in [5.41, 5.74) is -0.219. The van der Waals surface area contributed by atoms with Crippen LogP contribution in [0.5, 0.6) is 0 Å². The summed E-state index contributed by atoms with van der Waals surface area (Å²) in [5.74, 6) is -1.18. The average molecular weight is 347 g/mol. The lowest BCUT2D eigenvalue weighted by atomic mass is 9.88. The van der Waals surface area contributed by atoms with E-state index >= 15 is 0 Å².